The van der Waals surface area contributed by atoms with Crippen molar-refractivity contribution in [2.45, 2.75) is 0 Å². The lowest BCUT2D eigenvalue weighted by Crippen LogP contribution is -2.36. The van der Waals surface area contributed by atoms with E-state index in [1.54, 1.807) is 42.5 Å². The van der Waals surface area contributed by atoms with Crippen LogP contribution in [0.25, 0.3) is 11.1 Å². The molecule has 0 aromatic heterocycles. The Morgan fingerprint density at radius 3 is 2.31 bits per heavy atom. The van der Waals surface area contributed by atoms with Crippen LogP contribution in [0.4, 0.5) is 15.8 Å². The molecule has 1 heterocycles. The number of morpholine rings is 1. The van der Waals surface area contributed by atoms with Crippen LogP contribution in [-0.2, 0) is 4.74 Å². The molecule has 3 aromatic rings. The van der Waals surface area contributed by atoms with E-state index < -0.39 is 17.7 Å². The Hall–Kier alpha value is -3.42. The van der Waals surface area contributed by atoms with Gasteiger partial charge < -0.3 is 20.1 Å². The van der Waals surface area contributed by atoms with Gasteiger partial charge in [0.25, 0.3) is 5.91 Å². The fourth-order valence-corrected chi connectivity index (χ4v) is 3.72. The molecular weight excluding hydrogens is 435 g/mol. The average Bonchev–Trinajstić information content (AvgIpc) is 2.81. The second kappa shape index (κ2) is 9.38. The number of rotatable bonds is 5. The second-order valence-corrected chi connectivity index (χ2v) is 7.70. The van der Waals surface area contributed by atoms with E-state index in [0.717, 1.165) is 5.69 Å². The van der Waals surface area contributed by atoms with E-state index in [4.69, 9.17) is 21.4 Å². The first kappa shape index (κ1) is 21.8. The molecule has 3 aromatic carbocycles. The summed E-state index contributed by atoms with van der Waals surface area (Å²) >= 11 is 6.29. The molecule has 1 aliphatic rings. The summed E-state index contributed by atoms with van der Waals surface area (Å²) in [4.78, 5) is 25.8. The first-order valence-electron chi connectivity index (χ1n) is 9.99. The van der Waals surface area contributed by atoms with Crippen LogP contribution in [0, 0.1) is 5.82 Å². The summed E-state index contributed by atoms with van der Waals surface area (Å²) in [6.07, 6.45) is 0. The van der Waals surface area contributed by atoms with E-state index >= 15 is 0 Å². The van der Waals surface area contributed by atoms with Crippen molar-refractivity contribution in [1.29, 1.82) is 0 Å². The molecule has 1 saturated heterocycles. The van der Waals surface area contributed by atoms with Gasteiger partial charge in [-0.1, -0.05) is 23.7 Å². The zero-order valence-corrected chi connectivity index (χ0v) is 17.7. The van der Waals surface area contributed by atoms with Crippen molar-refractivity contribution < 1.29 is 23.8 Å². The predicted octanol–water partition coefficient (Wildman–Crippen LogP) is 4.93. The monoisotopic (exact) mass is 454 g/mol. The highest BCUT2D eigenvalue weighted by atomic mass is 35.5. The zero-order valence-electron chi connectivity index (χ0n) is 17.0. The molecule has 0 radical (unpaired) electrons. The molecule has 0 aliphatic carbocycles. The van der Waals surface area contributed by atoms with Crippen molar-refractivity contribution in [3.05, 3.63) is 82.6 Å². The van der Waals surface area contributed by atoms with Gasteiger partial charge in [0.05, 0.1) is 24.5 Å². The summed E-state index contributed by atoms with van der Waals surface area (Å²) in [5, 5.41) is 12.1. The van der Waals surface area contributed by atoms with Gasteiger partial charge in [-0.15, -0.1) is 0 Å². The van der Waals surface area contributed by atoms with Gasteiger partial charge in [0.2, 0.25) is 0 Å². The Morgan fingerprint density at radius 2 is 1.66 bits per heavy atom. The second-order valence-electron chi connectivity index (χ2n) is 7.29. The normalized spacial score (nSPS) is 13.6. The number of carbonyl (C=O) groups is 2. The quantitative estimate of drug-likeness (QED) is 0.571. The van der Waals surface area contributed by atoms with Crippen molar-refractivity contribution in [1.82, 2.24) is 0 Å². The number of halogens is 2. The Bertz CT molecular complexity index is 1160. The summed E-state index contributed by atoms with van der Waals surface area (Å²) in [6.45, 7) is 2.56. The molecule has 8 heteroatoms. The minimum absolute atomic E-state index is 0.0781. The first-order valence-corrected chi connectivity index (χ1v) is 10.4. The molecule has 1 amide bonds. The van der Waals surface area contributed by atoms with Gasteiger partial charge in [-0.3, -0.25) is 4.79 Å². The number of nitrogens with zero attached hydrogens (tertiary/aromatic N) is 1. The standard InChI is InChI=1S/C24H20ClFN2O4/c25-20-7-5-17(13-19(20)15-1-3-16(4-2-15)24(30)31)23(29)27-22-8-6-18(14-21(22)26)28-9-11-32-12-10-28/h1-8,13-14H,9-12H2,(H,27,29)(H,30,31). The number of amides is 1. The molecule has 0 unspecified atom stereocenters. The molecule has 0 spiro atoms. The van der Waals surface area contributed by atoms with Crippen molar-refractivity contribution in [3.63, 3.8) is 0 Å². The SMILES string of the molecule is O=C(O)c1ccc(-c2cc(C(=O)Nc3ccc(N4CCOCC4)cc3F)ccc2Cl)cc1. The van der Waals surface area contributed by atoms with Crippen LogP contribution in [0.3, 0.4) is 0 Å². The van der Waals surface area contributed by atoms with E-state index in [0.29, 0.717) is 48.0 Å². The van der Waals surface area contributed by atoms with Crippen molar-refractivity contribution in [2.24, 2.45) is 0 Å². The summed E-state index contributed by atoms with van der Waals surface area (Å²) in [6, 6.07) is 15.6. The molecule has 1 fully saturated rings. The summed E-state index contributed by atoms with van der Waals surface area (Å²) in [7, 11) is 0. The summed E-state index contributed by atoms with van der Waals surface area (Å²) in [5.74, 6) is -2.04. The molecular formula is C24H20ClFN2O4. The minimum atomic E-state index is -1.03. The number of carbonyl (C=O) groups excluding carboxylic acids is 1. The van der Waals surface area contributed by atoms with Gasteiger partial charge in [0.15, 0.2) is 0 Å². The average molecular weight is 455 g/mol. The van der Waals surface area contributed by atoms with Crippen LogP contribution in [0.5, 0.6) is 0 Å². The molecule has 0 bridgehead atoms. The molecule has 164 valence electrons. The van der Waals surface area contributed by atoms with Crippen molar-refractivity contribution >= 4 is 34.9 Å². The van der Waals surface area contributed by atoms with Gasteiger partial charge in [-0.2, -0.15) is 0 Å². The third-order valence-corrected chi connectivity index (χ3v) is 5.58. The molecule has 4 rings (SSSR count). The van der Waals surface area contributed by atoms with Gasteiger partial charge >= 0.3 is 5.97 Å². The smallest absolute Gasteiger partial charge is 0.335 e. The third-order valence-electron chi connectivity index (χ3n) is 5.25. The molecule has 6 nitrogen and oxygen atoms in total. The number of nitrogens with one attached hydrogen (secondary N) is 1. The fourth-order valence-electron chi connectivity index (χ4n) is 3.50. The van der Waals surface area contributed by atoms with Crippen LogP contribution >= 0.6 is 11.6 Å². The van der Waals surface area contributed by atoms with E-state index in [1.165, 1.54) is 18.2 Å². The number of hydrogen-bond acceptors (Lipinski definition) is 4. The van der Waals surface area contributed by atoms with E-state index in [2.05, 4.69) is 5.32 Å². The lowest BCUT2D eigenvalue weighted by atomic mass is 10.0. The van der Waals surface area contributed by atoms with Crippen molar-refractivity contribution in [3.8, 4) is 11.1 Å². The van der Waals surface area contributed by atoms with Gasteiger partial charge in [0, 0.05) is 34.9 Å². The van der Waals surface area contributed by atoms with Crippen molar-refractivity contribution in [2.75, 3.05) is 36.5 Å². The summed E-state index contributed by atoms with van der Waals surface area (Å²) in [5.41, 5.74) is 2.49. The fraction of sp³-hybridized carbons (Fsp3) is 0.167. The number of carboxylic acid groups (broad SMARTS) is 1. The zero-order chi connectivity index (χ0) is 22.7. The van der Waals surface area contributed by atoms with Crippen LogP contribution in [0.1, 0.15) is 20.7 Å². The van der Waals surface area contributed by atoms with Gasteiger partial charge in [-0.05, 0) is 54.1 Å². The maximum Gasteiger partial charge on any atom is 0.335 e. The minimum Gasteiger partial charge on any atom is -0.478 e. The number of ether oxygens (including phenoxy) is 1. The third kappa shape index (κ3) is 4.74. The topological polar surface area (TPSA) is 78.9 Å². The number of anilines is 2. The number of aromatic carboxylic acids is 1. The lowest BCUT2D eigenvalue weighted by Gasteiger charge is -2.29. The van der Waals surface area contributed by atoms with Gasteiger partial charge in [-0.25, -0.2) is 9.18 Å². The summed E-state index contributed by atoms with van der Waals surface area (Å²) < 4.78 is 20.0. The highest BCUT2D eigenvalue weighted by molar-refractivity contribution is 6.33. The molecule has 1 aliphatic heterocycles. The molecule has 0 saturated carbocycles. The van der Waals surface area contributed by atoms with Crippen LogP contribution in [0.2, 0.25) is 5.02 Å². The highest BCUT2D eigenvalue weighted by Gasteiger charge is 2.16. The Morgan fingerprint density at radius 1 is 0.969 bits per heavy atom. The maximum atomic E-state index is 14.7. The molecule has 0 atom stereocenters. The first-order chi connectivity index (χ1) is 15.4. The highest BCUT2D eigenvalue weighted by Crippen LogP contribution is 2.30. The van der Waals surface area contributed by atoms with E-state index in [-0.39, 0.29) is 11.3 Å². The van der Waals surface area contributed by atoms with E-state index in [1.807, 2.05) is 4.90 Å². The number of hydrogen-bond donors (Lipinski definition) is 2. The molecule has 2 N–H and O–H groups in total. The lowest BCUT2D eigenvalue weighted by molar-refractivity contribution is 0.0696. The molecule has 32 heavy (non-hydrogen) atoms. The Labute approximate surface area is 189 Å². The van der Waals surface area contributed by atoms with Gasteiger partial charge in [0.1, 0.15) is 5.82 Å². The maximum absolute atomic E-state index is 14.7. The Balaban J connectivity index is 1.53. The van der Waals surface area contributed by atoms with Crippen LogP contribution < -0.4 is 10.2 Å². The van der Waals surface area contributed by atoms with E-state index in [9.17, 15) is 14.0 Å². The largest absolute Gasteiger partial charge is 0.478 e. The Kier molecular flexibility index (Phi) is 6.39. The number of benzene rings is 3. The number of carboxylic acids is 1. The van der Waals surface area contributed by atoms with Crippen LogP contribution in [0.15, 0.2) is 60.7 Å². The predicted molar refractivity (Wildman–Crippen MR) is 121 cm³/mol. The van der Waals surface area contributed by atoms with Crippen LogP contribution in [-0.4, -0.2) is 43.3 Å².